The molecule has 8 heteroatoms. The van der Waals surface area contributed by atoms with Crippen LogP contribution in [0.25, 0.3) is 10.9 Å². The molecular formula is C24H27N5O3. The zero-order valence-electron chi connectivity index (χ0n) is 18.0. The number of benzene rings is 1. The van der Waals surface area contributed by atoms with E-state index >= 15 is 0 Å². The molecule has 1 aliphatic carbocycles. The molecule has 2 N–H and O–H groups in total. The predicted octanol–water partition coefficient (Wildman–Crippen LogP) is 2.40. The molecule has 2 aliphatic rings. The SMILES string of the molecule is NC(=O)c1cc(C2CN(C(=O)CCn3ncc4c3CCCC4)CCO2)nc2ccccc12. The number of aryl methyl sites for hydroxylation is 2. The highest BCUT2D eigenvalue weighted by atomic mass is 16.5. The number of carbonyl (C=O) groups excluding carboxylic acids is 2. The summed E-state index contributed by atoms with van der Waals surface area (Å²) in [5.74, 6) is -0.426. The van der Waals surface area contributed by atoms with E-state index in [4.69, 9.17) is 10.5 Å². The smallest absolute Gasteiger partial charge is 0.249 e. The maximum atomic E-state index is 13.0. The highest BCUT2D eigenvalue weighted by Gasteiger charge is 2.27. The van der Waals surface area contributed by atoms with Crippen molar-refractivity contribution in [2.75, 3.05) is 19.7 Å². The van der Waals surface area contributed by atoms with Gasteiger partial charge in [0.15, 0.2) is 0 Å². The Labute approximate surface area is 186 Å². The van der Waals surface area contributed by atoms with Crippen LogP contribution in [0.15, 0.2) is 36.5 Å². The molecule has 0 radical (unpaired) electrons. The molecule has 2 amide bonds. The average molecular weight is 434 g/mol. The van der Waals surface area contributed by atoms with Gasteiger partial charge in [-0.15, -0.1) is 0 Å². The molecule has 1 saturated heterocycles. The van der Waals surface area contributed by atoms with Crippen LogP contribution in [0.3, 0.4) is 0 Å². The van der Waals surface area contributed by atoms with Crippen LogP contribution in [0.2, 0.25) is 0 Å². The molecule has 0 saturated carbocycles. The molecular weight excluding hydrogens is 406 g/mol. The van der Waals surface area contributed by atoms with Crippen LogP contribution in [0.5, 0.6) is 0 Å². The van der Waals surface area contributed by atoms with Gasteiger partial charge in [-0.2, -0.15) is 5.10 Å². The summed E-state index contributed by atoms with van der Waals surface area (Å²) < 4.78 is 7.92. The van der Waals surface area contributed by atoms with Gasteiger partial charge in [-0.25, -0.2) is 4.98 Å². The zero-order chi connectivity index (χ0) is 22.1. The number of pyridine rings is 1. The quantitative estimate of drug-likeness (QED) is 0.666. The summed E-state index contributed by atoms with van der Waals surface area (Å²) in [7, 11) is 0. The van der Waals surface area contributed by atoms with Crippen molar-refractivity contribution < 1.29 is 14.3 Å². The summed E-state index contributed by atoms with van der Waals surface area (Å²) in [4.78, 5) is 31.5. The Kier molecular flexibility index (Phi) is 5.61. The van der Waals surface area contributed by atoms with Crippen LogP contribution in [0, 0.1) is 0 Å². The first kappa shape index (κ1) is 20.6. The third kappa shape index (κ3) is 3.98. The van der Waals surface area contributed by atoms with Crippen molar-refractivity contribution in [2.24, 2.45) is 5.73 Å². The lowest BCUT2D eigenvalue weighted by Gasteiger charge is -2.33. The summed E-state index contributed by atoms with van der Waals surface area (Å²) in [6.45, 7) is 1.96. The van der Waals surface area contributed by atoms with Gasteiger partial charge in [-0.3, -0.25) is 14.3 Å². The summed E-state index contributed by atoms with van der Waals surface area (Å²) >= 11 is 0. The molecule has 3 heterocycles. The van der Waals surface area contributed by atoms with Gasteiger partial charge in [0.2, 0.25) is 11.8 Å². The lowest BCUT2D eigenvalue weighted by Crippen LogP contribution is -2.42. The molecule has 8 nitrogen and oxygen atoms in total. The molecule has 166 valence electrons. The second-order valence-electron chi connectivity index (χ2n) is 8.47. The Hall–Kier alpha value is -3.26. The number of carbonyl (C=O) groups is 2. The monoisotopic (exact) mass is 433 g/mol. The normalized spacial score (nSPS) is 18.5. The topological polar surface area (TPSA) is 103 Å². The molecule has 32 heavy (non-hydrogen) atoms. The van der Waals surface area contributed by atoms with Crippen LogP contribution in [-0.2, 0) is 28.9 Å². The Balaban J connectivity index is 1.30. The summed E-state index contributed by atoms with van der Waals surface area (Å²) in [5.41, 5.74) is 9.94. The van der Waals surface area contributed by atoms with E-state index in [0.717, 1.165) is 18.2 Å². The second kappa shape index (κ2) is 8.70. The van der Waals surface area contributed by atoms with Crippen molar-refractivity contribution in [1.82, 2.24) is 19.7 Å². The second-order valence-corrected chi connectivity index (χ2v) is 8.47. The number of ether oxygens (including phenoxy) is 1. The van der Waals surface area contributed by atoms with Crippen LogP contribution in [-0.4, -0.2) is 51.2 Å². The van der Waals surface area contributed by atoms with E-state index in [1.54, 1.807) is 6.07 Å². The fourth-order valence-corrected chi connectivity index (χ4v) is 4.73. The van der Waals surface area contributed by atoms with E-state index in [2.05, 4.69) is 10.1 Å². The number of amides is 2. The fourth-order valence-electron chi connectivity index (χ4n) is 4.73. The minimum Gasteiger partial charge on any atom is -0.368 e. The number of para-hydroxylation sites is 1. The van der Waals surface area contributed by atoms with Crippen molar-refractivity contribution in [3.63, 3.8) is 0 Å². The van der Waals surface area contributed by atoms with Gasteiger partial charge in [0.25, 0.3) is 0 Å². The van der Waals surface area contributed by atoms with Crippen molar-refractivity contribution in [2.45, 2.75) is 44.8 Å². The number of aromatic nitrogens is 3. The van der Waals surface area contributed by atoms with E-state index in [9.17, 15) is 9.59 Å². The molecule has 2 aromatic heterocycles. The molecule has 1 aromatic carbocycles. The van der Waals surface area contributed by atoms with Crippen LogP contribution in [0.1, 0.15) is 52.7 Å². The molecule has 5 rings (SSSR count). The molecule has 1 fully saturated rings. The van der Waals surface area contributed by atoms with Crippen LogP contribution in [0.4, 0.5) is 0 Å². The molecule has 1 atom stereocenters. The Bertz CT molecular complexity index is 1170. The van der Waals surface area contributed by atoms with Gasteiger partial charge < -0.3 is 15.4 Å². The van der Waals surface area contributed by atoms with Crippen molar-refractivity contribution in [3.8, 4) is 0 Å². The maximum Gasteiger partial charge on any atom is 0.249 e. The average Bonchev–Trinajstić information content (AvgIpc) is 3.25. The third-order valence-electron chi connectivity index (χ3n) is 6.43. The number of fused-ring (bicyclic) bond motifs is 2. The molecule has 0 bridgehead atoms. The van der Waals surface area contributed by atoms with Crippen molar-refractivity contribution >= 4 is 22.7 Å². The van der Waals surface area contributed by atoms with Gasteiger partial charge >= 0.3 is 0 Å². The number of nitrogens with zero attached hydrogens (tertiary/aromatic N) is 4. The zero-order valence-corrected chi connectivity index (χ0v) is 18.0. The van der Waals surface area contributed by atoms with Gasteiger partial charge in [0, 0.05) is 30.6 Å². The minimum atomic E-state index is -0.504. The van der Waals surface area contributed by atoms with E-state index in [0.29, 0.717) is 49.4 Å². The Morgan fingerprint density at radius 1 is 1.19 bits per heavy atom. The Morgan fingerprint density at radius 3 is 2.91 bits per heavy atom. The van der Waals surface area contributed by atoms with Gasteiger partial charge in [-0.1, -0.05) is 18.2 Å². The Morgan fingerprint density at radius 2 is 2.03 bits per heavy atom. The van der Waals surface area contributed by atoms with E-state index < -0.39 is 12.0 Å². The maximum absolute atomic E-state index is 13.0. The number of hydrogen-bond donors (Lipinski definition) is 1. The minimum absolute atomic E-state index is 0.0780. The largest absolute Gasteiger partial charge is 0.368 e. The van der Waals surface area contributed by atoms with Gasteiger partial charge in [0.1, 0.15) is 6.10 Å². The molecule has 1 aliphatic heterocycles. The van der Waals surface area contributed by atoms with E-state index in [1.165, 1.54) is 24.1 Å². The summed E-state index contributed by atoms with van der Waals surface area (Å²) in [6, 6.07) is 9.10. The first-order chi connectivity index (χ1) is 15.6. The lowest BCUT2D eigenvalue weighted by molar-refractivity contribution is -0.139. The predicted molar refractivity (Wildman–Crippen MR) is 119 cm³/mol. The van der Waals surface area contributed by atoms with Crippen LogP contribution >= 0.6 is 0 Å². The van der Waals surface area contributed by atoms with Crippen molar-refractivity contribution in [3.05, 3.63) is 59.0 Å². The van der Waals surface area contributed by atoms with E-state index in [1.807, 2.05) is 40.0 Å². The molecule has 1 unspecified atom stereocenters. The first-order valence-electron chi connectivity index (χ1n) is 11.2. The number of nitrogens with two attached hydrogens (primary N) is 1. The van der Waals surface area contributed by atoms with Gasteiger partial charge in [0.05, 0.1) is 36.1 Å². The fraction of sp³-hybridized carbons (Fsp3) is 0.417. The standard InChI is InChI=1S/C24H27N5O3/c25-24(31)18-13-20(27-19-7-3-2-6-17(18)19)22-15-28(11-12-32-22)23(30)9-10-29-21-8-4-1-5-16(21)14-26-29/h2-3,6-7,13-14,22H,1,4-5,8-12,15H2,(H2,25,31). The van der Waals surface area contributed by atoms with E-state index in [-0.39, 0.29) is 5.91 Å². The first-order valence-corrected chi connectivity index (χ1v) is 11.2. The highest BCUT2D eigenvalue weighted by molar-refractivity contribution is 6.05. The van der Waals surface area contributed by atoms with Gasteiger partial charge in [-0.05, 0) is 43.4 Å². The highest BCUT2D eigenvalue weighted by Crippen LogP contribution is 2.26. The van der Waals surface area contributed by atoms with Crippen molar-refractivity contribution in [1.29, 1.82) is 0 Å². The summed E-state index contributed by atoms with van der Waals surface area (Å²) in [6.07, 6.45) is 6.48. The number of primary amides is 1. The third-order valence-corrected chi connectivity index (χ3v) is 6.43. The van der Waals surface area contributed by atoms with Crippen LogP contribution < -0.4 is 5.73 Å². The molecule has 3 aromatic rings. The number of hydrogen-bond acceptors (Lipinski definition) is 5. The molecule has 0 spiro atoms. The number of morpholine rings is 1. The lowest BCUT2D eigenvalue weighted by atomic mass is 9.98. The summed E-state index contributed by atoms with van der Waals surface area (Å²) in [5, 5.41) is 5.22. The number of rotatable bonds is 5.